The number of carbonyl (C=O) groups is 2. The van der Waals surface area contributed by atoms with Crippen molar-refractivity contribution in [3.8, 4) is 0 Å². The lowest BCUT2D eigenvalue weighted by Gasteiger charge is -2.19. The maximum absolute atomic E-state index is 12.6. The number of benzene rings is 2. The molecule has 0 spiro atoms. The average Bonchev–Trinajstić information content (AvgIpc) is 3.20. The largest absolute Gasteiger partial charge is 0.362 e. The SMILES string of the molecule is C[C@@H]1CN(C(=O)COCC(=O)N2C[C@@H](C)c3ccccc32)c2ccccc21. The van der Waals surface area contributed by atoms with Crippen molar-refractivity contribution >= 4 is 23.2 Å². The van der Waals surface area contributed by atoms with Gasteiger partial charge >= 0.3 is 0 Å². The summed E-state index contributed by atoms with van der Waals surface area (Å²) in [6, 6.07) is 15.9. The fraction of sp³-hybridized carbons (Fsp3) is 0.364. The molecule has 0 aliphatic carbocycles. The first kappa shape index (κ1) is 17.7. The van der Waals surface area contributed by atoms with E-state index in [4.69, 9.17) is 4.74 Å². The van der Waals surface area contributed by atoms with Crippen LogP contribution in [0, 0.1) is 0 Å². The summed E-state index contributed by atoms with van der Waals surface area (Å²) in [4.78, 5) is 28.7. The van der Waals surface area contributed by atoms with E-state index in [1.54, 1.807) is 9.80 Å². The molecular formula is C22H24N2O3. The van der Waals surface area contributed by atoms with Gasteiger partial charge in [-0.25, -0.2) is 0 Å². The van der Waals surface area contributed by atoms with Crippen molar-refractivity contribution < 1.29 is 14.3 Å². The van der Waals surface area contributed by atoms with Crippen molar-refractivity contribution in [2.45, 2.75) is 25.7 Å². The van der Waals surface area contributed by atoms with Gasteiger partial charge in [-0.1, -0.05) is 50.2 Å². The lowest BCUT2D eigenvalue weighted by Crippen LogP contribution is -2.36. The minimum absolute atomic E-state index is 0.0855. The van der Waals surface area contributed by atoms with E-state index in [9.17, 15) is 9.59 Å². The number of hydrogen-bond acceptors (Lipinski definition) is 3. The third-order valence-electron chi connectivity index (χ3n) is 5.48. The second-order valence-electron chi connectivity index (χ2n) is 7.42. The van der Waals surface area contributed by atoms with Gasteiger partial charge in [0, 0.05) is 36.3 Å². The molecule has 4 rings (SSSR count). The Morgan fingerprint density at radius 3 is 1.67 bits per heavy atom. The number of nitrogens with zero attached hydrogens (tertiary/aromatic N) is 2. The molecule has 5 nitrogen and oxygen atoms in total. The molecule has 0 unspecified atom stereocenters. The van der Waals surface area contributed by atoms with Crippen molar-refractivity contribution in [3.05, 3.63) is 59.7 Å². The van der Waals surface area contributed by atoms with Crippen LogP contribution >= 0.6 is 0 Å². The molecule has 0 saturated heterocycles. The Labute approximate surface area is 159 Å². The van der Waals surface area contributed by atoms with E-state index >= 15 is 0 Å². The highest BCUT2D eigenvalue weighted by atomic mass is 16.5. The second kappa shape index (κ2) is 7.16. The van der Waals surface area contributed by atoms with Gasteiger partial charge in [-0.05, 0) is 23.3 Å². The van der Waals surface area contributed by atoms with E-state index in [1.165, 1.54) is 11.1 Å². The van der Waals surface area contributed by atoms with Crippen LogP contribution in [0.1, 0.15) is 36.8 Å². The molecule has 0 saturated carbocycles. The molecule has 140 valence electrons. The third-order valence-corrected chi connectivity index (χ3v) is 5.48. The molecule has 0 radical (unpaired) electrons. The fourth-order valence-electron chi connectivity index (χ4n) is 4.10. The van der Waals surface area contributed by atoms with Gasteiger partial charge in [-0.2, -0.15) is 0 Å². The van der Waals surface area contributed by atoms with E-state index < -0.39 is 0 Å². The number of para-hydroxylation sites is 2. The Morgan fingerprint density at radius 1 is 0.815 bits per heavy atom. The van der Waals surface area contributed by atoms with E-state index in [-0.39, 0.29) is 25.0 Å². The Hall–Kier alpha value is -2.66. The fourth-order valence-corrected chi connectivity index (χ4v) is 4.10. The summed E-state index contributed by atoms with van der Waals surface area (Å²) in [5.74, 6) is 0.424. The molecule has 27 heavy (non-hydrogen) atoms. The van der Waals surface area contributed by atoms with Crippen LogP contribution in [-0.2, 0) is 14.3 Å². The van der Waals surface area contributed by atoms with Crippen LogP contribution in [0.3, 0.4) is 0 Å². The molecule has 0 fully saturated rings. The van der Waals surface area contributed by atoms with Crippen LogP contribution in [0.4, 0.5) is 11.4 Å². The van der Waals surface area contributed by atoms with Crippen molar-refractivity contribution in [3.63, 3.8) is 0 Å². The summed E-state index contributed by atoms with van der Waals surface area (Å²) in [5.41, 5.74) is 4.27. The molecule has 2 aromatic carbocycles. The number of carbonyl (C=O) groups excluding carboxylic acids is 2. The van der Waals surface area contributed by atoms with Crippen LogP contribution in [0.15, 0.2) is 48.5 Å². The highest BCUT2D eigenvalue weighted by Gasteiger charge is 2.31. The van der Waals surface area contributed by atoms with Crippen molar-refractivity contribution in [2.24, 2.45) is 0 Å². The lowest BCUT2D eigenvalue weighted by molar-refractivity contribution is -0.128. The molecule has 2 aliphatic heterocycles. The number of anilines is 2. The standard InChI is InChI=1S/C22H24N2O3/c1-15-11-23(19-9-5-3-7-17(15)19)21(25)13-27-14-22(26)24-12-16(2)18-8-4-6-10-20(18)24/h3-10,15-16H,11-14H2,1-2H3/t15-,16-/m1/s1. The first-order chi connectivity index (χ1) is 13.1. The molecule has 2 heterocycles. The van der Waals surface area contributed by atoms with E-state index in [2.05, 4.69) is 26.0 Å². The van der Waals surface area contributed by atoms with E-state index in [1.807, 2.05) is 36.4 Å². The van der Waals surface area contributed by atoms with Crippen LogP contribution < -0.4 is 9.80 Å². The van der Waals surface area contributed by atoms with Crippen LogP contribution in [0.5, 0.6) is 0 Å². The van der Waals surface area contributed by atoms with Crippen LogP contribution in [0.2, 0.25) is 0 Å². The third kappa shape index (κ3) is 3.23. The summed E-state index contributed by atoms with van der Waals surface area (Å²) in [5, 5.41) is 0. The van der Waals surface area contributed by atoms with Crippen LogP contribution in [-0.4, -0.2) is 38.1 Å². The molecule has 0 bridgehead atoms. The monoisotopic (exact) mass is 364 g/mol. The van der Waals surface area contributed by atoms with E-state index in [0.717, 1.165) is 11.4 Å². The zero-order valence-electron chi connectivity index (χ0n) is 15.7. The molecule has 2 amide bonds. The average molecular weight is 364 g/mol. The molecule has 2 aliphatic rings. The Morgan fingerprint density at radius 2 is 1.22 bits per heavy atom. The van der Waals surface area contributed by atoms with Gasteiger partial charge in [0.05, 0.1) is 0 Å². The normalized spacial score (nSPS) is 20.5. The van der Waals surface area contributed by atoms with E-state index in [0.29, 0.717) is 24.9 Å². The molecule has 0 N–H and O–H groups in total. The van der Waals surface area contributed by atoms with Gasteiger partial charge in [0.15, 0.2) is 0 Å². The van der Waals surface area contributed by atoms with Gasteiger partial charge in [-0.15, -0.1) is 0 Å². The first-order valence-electron chi connectivity index (χ1n) is 9.42. The number of hydrogen-bond donors (Lipinski definition) is 0. The van der Waals surface area contributed by atoms with Gasteiger partial charge in [0.2, 0.25) is 0 Å². The second-order valence-corrected chi connectivity index (χ2v) is 7.42. The lowest BCUT2D eigenvalue weighted by atomic mass is 10.0. The maximum Gasteiger partial charge on any atom is 0.253 e. The zero-order chi connectivity index (χ0) is 19.0. The minimum atomic E-state index is -0.102. The zero-order valence-corrected chi connectivity index (χ0v) is 15.7. The summed E-state index contributed by atoms with van der Waals surface area (Å²) >= 11 is 0. The Kier molecular flexibility index (Phi) is 4.70. The van der Waals surface area contributed by atoms with Gasteiger partial charge in [0.25, 0.3) is 11.8 Å². The Bertz CT molecular complexity index is 808. The van der Waals surface area contributed by atoms with Crippen molar-refractivity contribution in [1.29, 1.82) is 0 Å². The number of amides is 2. The highest BCUT2D eigenvalue weighted by Crippen LogP contribution is 2.36. The van der Waals surface area contributed by atoms with Gasteiger partial charge in [-0.3, -0.25) is 9.59 Å². The highest BCUT2D eigenvalue weighted by molar-refractivity contribution is 5.98. The van der Waals surface area contributed by atoms with Gasteiger partial charge < -0.3 is 14.5 Å². The summed E-state index contributed by atoms with van der Waals surface area (Å²) in [6.07, 6.45) is 0. The smallest absolute Gasteiger partial charge is 0.253 e. The molecule has 2 aromatic rings. The number of rotatable bonds is 4. The number of ether oxygens (including phenoxy) is 1. The topological polar surface area (TPSA) is 49.9 Å². The Balaban J connectivity index is 1.34. The molecule has 2 atom stereocenters. The molecule has 0 aromatic heterocycles. The summed E-state index contributed by atoms with van der Waals surface area (Å²) in [7, 11) is 0. The maximum atomic E-state index is 12.6. The summed E-state index contributed by atoms with van der Waals surface area (Å²) < 4.78 is 5.50. The molecular weight excluding hydrogens is 340 g/mol. The van der Waals surface area contributed by atoms with Crippen molar-refractivity contribution in [2.75, 3.05) is 36.1 Å². The quantitative estimate of drug-likeness (QED) is 0.836. The predicted octanol–water partition coefficient (Wildman–Crippen LogP) is 3.30. The van der Waals surface area contributed by atoms with Gasteiger partial charge in [0.1, 0.15) is 13.2 Å². The minimum Gasteiger partial charge on any atom is -0.362 e. The predicted molar refractivity (Wildman–Crippen MR) is 105 cm³/mol. The number of fused-ring (bicyclic) bond motifs is 2. The van der Waals surface area contributed by atoms with Crippen molar-refractivity contribution in [1.82, 2.24) is 0 Å². The molecule has 5 heteroatoms. The summed E-state index contributed by atoms with van der Waals surface area (Å²) in [6.45, 7) is 5.37. The van der Waals surface area contributed by atoms with Crippen LogP contribution in [0.25, 0.3) is 0 Å². The first-order valence-corrected chi connectivity index (χ1v) is 9.42.